The van der Waals surface area contributed by atoms with Gasteiger partial charge in [0.2, 0.25) is 8.32 Å². The lowest BCUT2D eigenvalue weighted by molar-refractivity contribution is 0.210. The van der Waals surface area contributed by atoms with Gasteiger partial charge in [-0.1, -0.05) is 0 Å². The van der Waals surface area contributed by atoms with Gasteiger partial charge < -0.3 is 9.16 Å². The predicted molar refractivity (Wildman–Crippen MR) is 73.3 cm³/mol. The summed E-state index contributed by atoms with van der Waals surface area (Å²) in [4.78, 5) is 0. The van der Waals surface area contributed by atoms with E-state index in [0.717, 1.165) is 11.5 Å². The Balaban J connectivity index is 1.93. The van der Waals surface area contributed by atoms with E-state index in [1.54, 1.807) is 0 Å². The SMILES string of the molecule is C[Si](C)(C)Oc1ccc(OC2CCCC2)cc1. The van der Waals surface area contributed by atoms with Crippen molar-refractivity contribution >= 4 is 8.32 Å². The summed E-state index contributed by atoms with van der Waals surface area (Å²) in [7, 11) is -1.49. The lowest BCUT2D eigenvalue weighted by atomic mass is 10.3. The molecule has 1 aliphatic rings. The molecule has 0 heterocycles. The van der Waals surface area contributed by atoms with E-state index in [2.05, 4.69) is 19.6 Å². The molecule has 0 aliphatic heterocycles. The number of hydrogen-bond donors (Lipinski definition) is 0. The van der Waals surface area contributed by atoms with Crippen molar-refractivity contribution in [3.8, 4) is 11.5 Å². The summed E-state index contributed by atoms with van der Waals surface area (Å²) < 4.78 is 11.8. The van der Waals surface area contributed by atoms with Crippen molar-refractivity contribution in [1.82, 2.24) is 0 Å². The minimum atomic E-state index is -1.49. The van der Waals surface area contributed by atoms with Crippen LogP contribution in [-0.4, -0.2) is 14.4 Å². The van der Waals surface area contributed by atoms with E-state index in [9.17, 15) is 0 Å². The Morgan fingerprint density at radius 2 is 1.47 bits per heavy atom. The van der Waals surface area contributed by atoms with Crippen LogP contribution in [0.4, 0.5) is 0 Å². The van der Waals surface area contributed by atoms with Crippen LogP contribution in [0.2, 0.25) is 19.6 Å². The maximum atomic E-state index is 5.92. The van der Waals surface area contributed by atoms with Crippen molar-refractivity contribution in [2.75, 3.05) is 0 Å². The van der Waals surface area contributed by atoms with E-state index < -0.39 is 8.32 Å². The van der Waals surface area contributed by atoms with Gasteiger partial charge in [-0.25, -0.2) is 0 Å². The summed E-state index contributed by atoms with van der Waals surface area (Å²) in [5.74, 6) is 1.93. The van der Waals surface area contributed by atoms with Crippen LogP contribution in [0.5, 0.6) is 11.5 Å². The van der Waals surface area contributed by atoms with Gasteiger partial charge in [-0.3, -0.25) is 0 Å². The second-order valence-corrected chi connectivity index (χ2v) is 10.1. The van der Waals surface area contributed by atoms with Crippen molar-refractivity contribution in [3.05, 3.63) is 24.3 Å². The van der Waals surface area contributed by atoms with Gasteiger partial charge in [0.05, 0.1) is 6.10 Å². The number of rotatable bonds is 4. The fraction of sp³-hybridized carbons (Fsp3) is 0.571. The van der Waals surface area contributed by atoms with Gasteiger partial charge >= 0.3 is 0 Å². The molecule has 0 radical (unpaired) electrons. The smallest absolute Gasteiger partial charge is 0.242 e. The Kier molecular flexibility index (Phi) is 3.77. The van der Waals surface area contributed by atoms with Crippen LogP contribution >= 0.6 is 0 Å². The molecule has 1 aromatic carbocycles. The highest BCUT2D eigenvalue weighted by atomic mass is 28.4. The zero-order valence-electron chi connectivity index (χ0n) is 11.0. The molecule has 0 atom stereocenters. The van der Waals surface area contributed by atoms with Crippen LogP contribution in [-0.2, 0) is 0 Å². The molecule has 1 fully saturated rings. The summed E-state index contributed by atoms with van der Waals surface area (Å²) in [6.45, 7) is 6.57. The zero-order valence-corrected chi connectivity index (χ0v) is 12.0. The van der Waals surface area contributed by atoms with Crippen LogP contribution in [0.3, 0.4) is 0 Å². The lowest BCUT2D eigenvalue weighted by Crippen LogP contribution is -2.29. The van der Waals surface area contributed by atoms with Gasteiger partial charge in [-0.15, -0.1) is 0 Å². The molecule has 0 unspecified atom stereocenters. The van der Waals surface area contributed by atoms with E-state index in [1.165, 1.54) is 25.7 Å². The summed E-state index contributed by atoms with van der Waals surface area (Å²) in [6.07, 6.45) is 5.45. The average molecular weight is 250 g/mol. The second-order valence-electron chi connectivity index (χ2n) is 5.71. The standard InChI is InChI=1S/C14H22O2Si/c1-17(2,3)16-14-10-8-13(9-11-14)15-12-6-4-5-7-12/h8-12H,4-7H2,1-3H3. The van der Waals surface area contributed by atoms with E-state index in [1.807, 2.05) is 24.3 Å². The minimum absolute atomic E-state index is 0.429. The van der Waals surface area contributed by atoms with Gasteiger partial charge in [0.15, 0.2) is 0 Å². The maximum absolute atomic E-state index is 5.92. The molecule has 94 valence electrons. The van der Waals surface area contributed by atoms with Gasteiger partial charge in [0.1, 0.15) is 11.5 Å². The molecule has 2 rings (SSSR count). The van der Waals surface area contributed by atoms with E-state index in [-0.39, 0.29) is 0 Å². The predicted octanol–water partition coefficient (Wildman–Crippen LogP) is 4.22. The average Bonchev–Trinajstić information content (AvgIpc) is 2.71. The third-order valence-corrected chi connectivity index (χ3v) is 3.70. The third-order valence-electron chi connectivity index (χ3n) is 2.85. The molecule has 1 aromatic rings. The lowest BCUT2D eigenvalue weighted by Gasteiger charge is -2.19. The van der Waals surface area contributed by atoms with E-state index in [4.69, 9.17) is 9.16 Å². The summed E-state index contributed by atoms with van der Waals surface area (Å²) in [5, 5.41) is 0. The molecular formula is C14H22O2Si. The number of ether oxygens (including phenoxy) is 1. The molecule has 1 aliphatic carbocycles. The van der Waals surface area contributed by atoms with E-state index in [0.29, 0.717) is 6.10 Å². The number of hydrogen-bond acceptors (Lipinski definition) is 2. The molecule has 0 amide bonds. The molecule has 0 spiro atoms. The Hall–Kier alpha value is -0.963. The van der Waals surface area contributed by atoms with Crippen molar-refractivity contribution in [3.63, 3.8) is 0 Å². The Bertz CT molecular complexity index is 347. The number of benzene rings is 1. The van der Waals surface area contributed by atoms with Crippen molar-refractivity contribution in [1.29, 1.82) is 0 Å². The Morgan fingerprint density at radius 1 is 0.941 bits per heavy atom. The Morgan fingerprint density at radius 3 is 2.00 bits per heavy atom. The van der Waals surface area contributed by atoms with Crippen LogP contribution < -0.4 is 9.16 Å². The maximum Gasteiger partial charge on any atom is 0.242 e. The van der Waals surface area contributed by atoms with Gasteiger partial charge in [-0.05, 0) is 69.6 Å². The first-order valence-electron chi connectivity index (χ1n) is 6.49. The molecular weight excluding hydrogens is 228 g/mol. The molecule has 3 heteroatoms. The van der Waals surface area contributed by atoms with E-state index >= 15 is 0 Å². The third kappa shape index (κ3) is 4.08. The van der Waals surface area contributed by atoms with Gasteiger partial charge in [0.25, 0.3) is 0 Å². The second kappa shape index (κ2) is 5.13. The fourth-order valence-corrected chi connectivity index (χ4v) is 2.98. The van der Waals surface area contributed by atoms with Gasteiger partial charge in [-0.2, -0.15) is 0 Å². The molecule has 17 heavy (non-hydrogen) atoms. The highest BCUT2D eigenvalue weighted by Crippen LogP contribution is 2.26. The minimum Gasteiger partial charge on any atom is -0.544 e. The quantitative estimate of drug-likeness (QED) is 0.745. The fourth-order valence-electron chi connectivity index (χ4n) is 2.14. The van der Waals surface area contributed by atoms with Gasteiger partial charge in [0, 0.05) is 0 Å². The summed E-state index contributed by atoms with van der Waals surface area (Å²) in [5.41, 5.74) is 0. The van der Waals surface area contributed by atoms with Crippen LogP contribution in [0.25, 0.3) is 0 Å². The van der Waals surface area contributed by atoms with Crippen LogP contribution in [0.15, 0.2) is 24.3 Å². The molecule has 0 N–H and O–H groups in total. The van der Waals surface area contributed by atoms with Crippen molar-refractivity contribution in [2.24, 2.45) is 0 Å². The first-order valence-corrected chi connectivity index (χ1v) is 9.89. The van der Waals surface area contributed by atoms with Crippen molar-refractivity contribution in [2.45, 2.75) is 51.4 Å². The highest BCUT2D eigenvalue weighted by molar-refractivity contribution is 6.70. The summed E-state index contributed by atoms with van der Waals surface area (Å²) in [6, 6.07) is 8.08. The normalized spacial score (nSPS) is 17.1. The van der Waals surface area contributed by atoms with Crippen LogP contribution in [0, 0.1) is 0 Å². The van der Waals surface area contributed by atoms with Crippen molar-refractivity contribution < 1.29 is 9.16 Å². The van der Waals surface area contributed by atoms with Crippen LogP contribution in [0.1, 0.15) is 25.7 Å². The molecule has 2 nitrogen and oxygen atoms in total. The monoisotopic (exact) mass is 250 g/mol. The largest absolute Gasteiger partial charge is 0.544 e. The first-order chi connectivity index (χ1) is 8.03. The summed E-state index contributed by atoms with van der Waals surface area (Å²) >= 11 is 0. The molecule has 0 saturated heterocycles. The zero-order chi connectivity index (χ0) is 12.3. The Labute approximate surface area is 105 Å². The molecule has 1 saturated carbocycles. The molecule has 0 bridgehead atoms. The topological polar surface area (TPSA) is 18.5 Å². The molecule has 0 aromatic heterocycles. The highest BCUT2D eigenvalue weighted by Gasteiger charge is 2.17. The first kappa shape index (κ1) is 12.5.